The van der Waals surface area contributed by atoms with Crippen molar-refractivity contribution in [2.75, 3.05) is 6.54 Å². The highest BCUT2D eigenvalue weighted by atomic mass is 32.2. The summed E-state index contributed by atoms with van der Waals surface area (Å²) in [5.41, 5.74) is 5.36. The average molecular weight is 271 g/mol. The first kappa shape index (κ1) is 15.2. The van der Waals surface area contributed by atoms with Crippen molar-refractivity contribution in [1.82, 2.24) is 4.72 Å². The quantitative estimate of drug-likeness (QED) is 0.482. The molecule has 1 aliphatic rings. The Morgan fingerprint density at radius 3 is 2.67 bits per heavy atom. The topological polar surface area (TPSA) is 89.3 Å². The van der Waals surface area contributed by atoms with Crippen molar-refractivity contribution < 1.29 is 13.2 Å². The van der Waals surface area contributed by atoms with Gasteiger partial charge in [-0.15, -0.1) is 5.98 Å². The smallest absolute Gasteiger partial charge is 0.263 e. The van der Waals surface area contributed by atoms with Gasteiger partial charge in [-0.05, 0) is 38.6 Å². The minimum atomic E-state index is -3.42. The highest BCUT2D eigenvalue weighted by Crippen LogP contribution is 2.27. The second-order valence-corrected chi connectivity index (χ2v) is 6.40. The van der Waals surface area contributed by atoms with E-state index >= 15 is 0 Å². The first-order chi connectivity index (χ1) is 8.56. The van der Waals surface area contributed by atoms with Gasteiger partial charge in [-0.1, -0.05) is 12.5 Å². The number of nitrogens with two attached hydrogens (primary N) is 1. The molecule has 0 aromatic heterocycles. The summed E-state index contributed by atoms with van der Waals surface area (Å²) < 4.78 is 24.9. The van der Waals surface area contributed by atoms with Gasteiger partial charge in [0.2, 0.25) is 10.0 Å². The zero-order valence-electron chi connectivity index (χ0n) is 10.5. The number of amides is 1. The SMILES string of the molecule is NCCCCC/C=C\[B]C(=O)NS(=O)(=O)C1CC1. The van der Waals surface area contributed by atoms with Crippen molar-refractivity contribution in [3.63, 3.8) is 0 Å². The standard InChI is InChI=1S/C11H20BN2O3S/c13-9-5-3-1-2-4-8-12-11(15)14-18(16,17)10-6-7-10/h4,8,10H,1-3,5-7,9,13H2,(H,14,15)/b8-4-. The van der Waals surface area contributed by atoms with E-state index in [4.69, 9.17) is 5.73 Å². The molecule has 0 unspecified atom stereocenters. The summed E-state index contributed by atoms with van der Waals surface area (Å²) in [6, 6.07) is 0. The molecule has 0 aliphatic heterocycles. The maximum atomic E-state index is 11.4. The highest BCUT2D eigenvalue weighted by Gasteiger charge is 2.36. The lowest BCUT2D eigenvalue weighted by Gasteiger charge is -2.02. The lowest BCUT2D eigenvalue weighted by atomic mass is 9.77. The van der Waals surface area contributed by atoms with Gasteiger partial charge in [0, 0.05) is 0 Å². The summed E-state index contributed by atoms with van der Waals surface area (Å²) >= 11 is 0. The zero-order valence-corrected chi connectivity index (χ0v) is 11.3. The third-order valence-electron chi connectivity index (χ3n) is 2.66. The predicted molar refractivity (Wildman–Crippen MR) is 72.9 cm³/mol. The van der Waals surface area contributed by atoms with Crippen molar-refractivity contribution in [2.24, 2.45) is 5.73 Å². The van der Waals surface area contributed by atoms with Crippen LogP contribution in [0, 0.1) is 0 Å². The molecule has 1 amide bonds. The predicted octanol–water partition coefficient (Wildman–Crippen LogP) is 0.925. The van der Waals surface area contributed by atoms with Gasteiger partial charge in [-0.2, -0.15) is 0 Å². The van der Waals surface area contributed by atoms with Crippen LogP contribution in [0.2, 0.25) is 0 Å². The Hall–Kier alpha value is -0.815. The molecular weight excluding hydrogens is 251 g/mol. The molecule has 0 aromatic carbocycles. The molecule has 1 fully saturated rings. The van der Waals surface area contributed by atoms with Crippen LogP contribution in [0.1, 0.15) is 38.5 Å². The molecule has 0 spiro atoms. The maximum absolute atomic E-state index is 11.4. The Morgan fingerprint density at radius 2 is 2.06 bits per heavy atom. The molecule has 101 valence electrons. The normalized spacial score (nSPS) is 15.8. The molecule has 7 heteroatoms. The lowest BCUT2D eigenvalue weighted by molar-refractivity contribution is 0.263. The first-order valence-corrected chi connectivity index (χ1v) is 7.86. The van der Waals surface area contributed by atoms with Gasteiger partial charge in [0.15, 0.2) is 5.81 Å². The summed E-state index contributed by atoms with van der Waals surface area (Å²) in [4.78, 5) is 11.3. The van der Waals surface area contributed by atoms with E-state index in [-0.39, 0.29) is 5.25 Å². The third kappa shape index (κ3) is 6.21. The molecule has 1 aliphatic carbocycles. The molecular formula is C11H20BN2O3S. The monoisotopic (exact) mass is 271 g/mol. The van der Waals surface area contributed by atoms with Gasteiger partial charge in [0.25, 0.3) is 7.28 Å². The number of sulfonamides is 1. The van der Waals surface area contributed by atoms with Crippen molar-refractivity contribution in [1.29, 1.82) is 0 Å². The Labute approximate surface area is 109 Å². The molecule has 0 aromatic rings. The Kier molecular flexibility index (Phi) is 6.42. The molecule has 3 N–H and O–H groups in total. The average Bonchev–Trinajstić information content (AvgIpc) is 3.11. The fourth-order valence-electron chi connectivity index (χ4n) is 1.47. The molecule has 0 saturated heterocycles. The zero-order chi connectivity index (χ0) is 13.4. The molecule has 1 saturated carbocycles. The summed E-state index contributed by atoms with van der Waals surface area (Å²) in [5, 5.41) is -0.366. The number of hydrogen-bond acceptors (Lipinski definition) is 4. The molecule has 0 heterocycles. The number of allylic oxidation sites excluding steroid dienone is 1. The van der Waals surface area contributed by atoms with E-state index in [2.05, 4.69) is 0 Å². The number of nitrogens with one attached hydrogen (secondary N) is 1. The Morgan fingerprint density at radius 1 is 1.33 bits per heavy atom. The second kappa shape index (κ2) is 7.58. The van der Waals surface area contributed by atoms with E-state index in [1.54, 1.807) is 5.98 Å². The second-order valence-electron chi connectivity index (χ2n) is 4.44. The number of carbonyl (C=O) groups is 1. The van der Waals surface area contributed by atoms with Crippen LogP contribution in [0.4, 0.5) is 4.79 Å². The van der Waals surface area contributed by atoms with Crippen molar-refractivity contribution in [2.45, 2.75) is 43.8 Å². The van der Waals surface area contributed by atoms with Gasteiger partial charge < -0.3 is 5.73 Å². The van der Waals surface area contributed by atoms with Gasteiger partial charge >= 0.3 is 0 Å². The largest absolute Gasteiger partial charge is 0.330 e. The number of unbranched alkanes of at least 4 members (excludes halogenated alkanes) is 3. The van der Waals surface area contributed by atoms with Crippen molar-refractivity contribution in [3.05, 3.63) is 12.1 Å². The molecule has 1 rings (SSSR count). The van der Waals surface area contributed by atoms with Crippen LogP contribution in [0.25, 0.3) is 0 Å². The highest BCUT2D eigenvalue weighted by molar-refractivity contribution is 7.91. The minimum absolute atomic E-state index is 0.366. The van der Waals surface area contributed by atoms with Crippen molar-refractivity contribution in [3.8, 4) is 0 Å². The van der Waals surface area contributed by atoms with Crippen LogP contribution < -0.4 is 10.5 Å². The summed E-state index contributed by atoms with van der Waals surface area (Å²) in [5.74, 6) is 1.03. The van der Waals surface area contributed by atoms with Crippen molar-refractivity contribution >= 4 is 23.1 Å². The first-order valence-electron chi connectivity index (χ1n) is 6.32. The van der Waals surface area contributed by atoms with E-state index in [1.165, 1.54) is 7.28 Å². The molecule has 0 atom stereocenters. The number of hydrogen-bond donors (Lipinski definition) is 2. The van der Waals surface area contributed by atoms with E-state index in [0.717, 1.165) is 25.7 Å². The van der Waals surface area contributed by atoms with Crippen LogP contribution in [0.15, 0.2) is 12.1 Å². The third-order valence-corrected chi connectivity index (χ3v) is 4.50. The molecule has 5 nitrogen and oxygen atoms in total. The van der Waals surface area contributed by atoms with Gasteiger partial charge in [0.1, 0.15) is 0 Å². The van der Waals surface area contributed by atoms with Crippen LogP contribution >= 0.6 is 0 Å². The van der Waals surface area contributed by atoms with E-state index in [9.17, 15) is 13.2 Å². The number of rotatable bonds is 9. The molecule has 0 bridgehead atoms. The van der Waals surface area contributed by atoms with Gasteiger partial charge in [-0.3, -0.25) is 9.52 Å². The lowest BCUT2D eigenvalue weighted by Crippen LogP contribution is -2.35. The van der Waals surface area contributed by atoms with Crippen LogP contribution in [-0.4, -0.2) is 33.3 Å². The fraction of sp³-hybridized carbons (Fsp3) is 0.727. The summed E-state index contributed by atoms with van der Waals surface area (Å²) in [6.07, 6.45) is 7.16. The fourth-order valence-corrected chi connectivity index (χ4v) is 2.74. The van der Waals surface area contributed by atoms with Gasteiger partial charge in [0.05, 0.1) is 5.25 Å². The Bertz CT molecular complexity index is 391. The van der Waals surface area contributed by atoms with Crippen LogP contribution in [0.3, 0.4) is 0 Å². The summed E-state index contributed by atoms with van der Waals surface area (Å²) in [6.45, 7) is 0.706. The summed E-state index contributed by atoms with van der Waals surface area (Å²) in [7, 11) is -2.17. The van der Waals surface area contributed by atoms with E-state index in [0.29, 0.717) is 19.4 Å². The molecule has 18 heavy (non-hydrogen) atoms. The number of carbonyl (C=O) groups excluding carboxylic acids is 1. The maximum Gasteiger partial charge on any atom is 0.263 e. The van der Waals surface area contributed by atoms with Gasteiger partial charge in [-0.25, -0.2) is 8.42 Å². The van der Waals surface area contributed by atoms with Crippen LogP contribution in [-0.2, 0) is 10.0 Å². The van der Waals surface area contributed by atoms with E-state index < -0.39 is 15.8 Å². The minimum Gasteiger partial charge on any atom is -0.330 e. The van der Waals surface area contributed by atoms with E-state index in [1.807, 2.05) is 10.8 Å². The van der Waals surface area contributed by atoms with Crippen LogP contribution in [0.5, 0.6) is 0 Å². The molecule has 1 radical (unpaired) electrons. The Balaban J connectivity index is 2.11.